The van der Waals surface area contributed by atoms with Gasteiger partial charge in [-0.2, -0.15) is 0 Å². The van der Waals surface area contributed by atoms with Crippen LogP contribution in [-0.4, -0.2) is 51.6 Å². The van der Waals surface area contributed by atoms with Gasteiger partial charge < -0.3 is 14.9 Å². The summed E-state index contributed by atoms with van der Waals surface area (Å²) >= 11 is 0. The number of aliphatic carboxylic acids is 1. The quantitative estimate of drug-likeness (QED) is 0.762. The van der Waals surface area contributed by atoms with Crippen LogP contribution in [0.1, 0.15) is 46.5 Å². The average molecular weight is 282 g/mol. The van der Waals surface area contributed by atoms with Crippen LogP contribution in [0.5, 0.6) is 0 Å². The lowest BCUT2D eigenvalue weighted by Gasteiger charge is -2.39. The first-order chi connectivity index (χ1) is 9.40. The zero-order valence-corrected chi connectivity index (χ0v) is 12.8. The Morgan fingerprint density at radius 2 is 2.15 bits per heavy atom. The van der Waals surface area contributed by atoms with Gasteiger partial charge in [-0.15, -0.1) is 6.58 Å². The predicted molar refractivity (Wildman–Crippen MR) is 78.6 cm³/mol. The van der Waals surface area contributed by atoms with Gasteiger partial charge in [-0.1, -0.05) is 19.4 Å². The molecule has 0 aromatic rings. The van der Waals surface area contributed by atoms with E-state index in [1.165, 1.54) is 0 Å². The molecule has 1 N–H and O–H groups in total. The van der Waals surface area contributed by atoms with E-state index in [-0.39, 0.29) is 12.1 Å². The molecular formula is C15H26N2O3. The van der Waals surface area contributed by atoms with Crippen LogP contribution in [0.3, 0.4) is 0 Å². The lowest BCUT2D eigenvalue weighted by atomic mass is 9.91. The third-order valence-corrected chi connectivity index (χ3v) is 3.98. The molecule has 1 rings (SSSR count). The van der Waals surface area contributed by atoms with Gasteiger partial charge in [0.15, 0.2) is 0 Å². The van der Waals surface area contributed by atoms with Crippen molar-refractivity contribution in [1.82, 2.24) is 9.80 Å². The molecule has 1 aliphatic rings. The van der Waals surface area contributed by atoms with Crippen molar-refractivity contribution in [3.8, 4) is 0 Å². The van der Waals surface area contributed by atoms with Crippen molar-refractivity contribution in [2.45, 2.75) is 58.0 Å². The molecule has 1 atom stereocenters. The highest BCUT2D eigenvalue weighted by Gasteiger charge is 2.50. The first-order valence-electron chi connectivity index (χ1n) is 7.33. The molecule has 1 saturated heterocycles. The molecule has 5 nitrogen and oxygen atoms in total. The zero-order chi connectivity index (χ0) is 15.3. The van der Waals surface area contributed by atoms with Crippen molar-refractivity contribution in [2.24, 2.45) is 0 Å². The first kappa shape index (κ1) is 16.5. The fourth-order valence-electron chi connectivity index (χ4n) is 2.96. The second kappa shape index (κ2) is 6.77. The van der Waals surface area contributed by atoms with E-state index < -0.39 is 11.5 Å². The Morgan fingerprint density at radius 1 is 1.50 bits per heavy atom. The Kier molecular flexibility index (Phi) is 5.60. The molecule has 2 amide bonds. The van der Waals surface area contributed by atoms with E-state index in [1.807, 2.05) is 20.8 Å². The van der Waals surface area contributed by atoms with Gasteiger partial charge in [0.1, 0.15) is 5.54 Å². The van der Waals surface area contributed by atoms with E-state index in [1.54, 1.807) is 15.9 Å². The van der Waals surface area contributed by atoms with Gasteiger partial charge >= 0.3 is 12.0 Å². The SMILES string of the molecule is C=CCN(C(=O)N1CCCC1(CCC)C(=O)O)C(C)C. The van der Waals surface area contributed by atoms with E-state index >= 15 is 0 Å². The van der Waals surface area contributed by atoms with Crippen molar-refractivity contribution >= 4 is 12.0 Å². The Hall–Kier alpha value is -1.52. The lowest BCUT2D eigenvalue weighted by Crippen LogP contribution is -2.57. The van der Waals surface area contributed by atoms with Crippen LogP contribution in [0.15, 0.2) is 12.7 Å². The second-order valence-corrected chi connectivity index (χ2v) is 5.66. The number of urea groups is 1. The predicted octanol–water partition coefficient (Wildman–Crippen LogP) is 2.72. The van der Waals surface area contributed by atoms with Gasteiger partial charge in [-0.05, 0) is 33.1 Å². The first-order valence-corrected chi connectivity index (χ1v) is 7.33. The number of hydrogen-bond acceptors (Lipinski definition) is 2. The fourth-order valence-corrected chi connectivity index (χ4v) is 2.96. The number of carbonyl (C=O) groups is 2. The molecule has 114 valence electrons. The molecule has 0 radical (unpaired) electrons. The highest BCUT2D eigenvalue weighted by Crippen LogP contribution is 2.35. The van der Waals surface area contributed by atoms with E-state index in [0.717, 1.165) is 12.8 Å². The normalized spacial score (nSPS) is 22.1. The largest absolute Gasteiger partial charge is 0.479 e. The number of rotatable bonds is 6. The van der Waals surface area contributed by atoms with Crippen LogP contribution in [0.4, 0.5) is 4.79 Å². The summed E-state index contributed by atoms with van der Waals surface area (Å²) in [6.45, 7) is 10.4. The van der Waals surface area contributed by atoms with Crippen LogP contribution < -0.4 is 0 Å². The van der Waals surface area contributed by atoms with Gasteiger partial charge in [-0.3, -0.25) is 0 Å². The maximum atomic E-state index is 12.7. The Balaban J connectivity index is 3.04. The molecule has 0 bridgehead atoms. The number of carboxylic acids is 1. The van der Waals surface area contributed by atoms with Crippen LogP contribution in [0.25, 0.3) is 0 Å². The zero-order valence-electron chi connectivity index (χ0n) is 12.8. The average Bonchev–Trinajstić information content (AvgIpc) is 2.80. The molecule has 1 fully saturated rings. The van der Waals surface area contributed by atoms with Crippen molar-refractivity contribution in [2.75, 3.05) is 13.1 Å². The summed E-state index contributed by atoms with van der Waals surface area (Å²) in [5, 5.41) is 9.63. The third-order valence-electron chi connectivity index (χ3n) is 3.98. The number of carbonyl (C=O) groups excluding carboxylic acids is 1. The maximum Gasteiger partial charge on any atom is 0.329 e. The lowest BCUT2D eigenvalue weighted by molar-refractivity contribution is -0.149. The van der Waals surface area contributed by atoms with E-state index in [0.29, 0.717) is 25.9 Å². The highest BCUT2D eigenvalue weighted by atomic mass is 16.4. The summed E-state index contributed by atoms with van der Waals surface area (Å²) in [6.07, 6.45) is 4.23. The van der Waals surface area contributed by atoms with Crippen molar-refractivity contribution in [3.05, 3.63) is 12.7 Å². The van der Waals surface area contributed by atoms with Crippen molar-refractivity contribution in [1.29, 1.82) is 0 Å². The van der Waals surface area contributed by atoms with Gasteiger partial charge in [0.05, 0.1) is 0 Å². The second-order valence-electron chi connectivity index (χ2n) is 5.66. The summed E-state index contributed by atoms with van der Waals surface area (Å²) in [5.41, 5.74) is -1.03. The number of amides is 2. The standard InChI is InChI=1S/C15H26N2O3/c1-5-8-15(13(18)19)9-7-11-17(15)14(20)16(10-6-2)12(3)4/h6,12H,2,5,7-11H2,1,3-4H3,(H,18,19). The summed E-state index contributed by atoms with van der Waals surface area (Å²) in [5.74, 6) is -0.882. The summed E-state index contributed by atoms with van der Waals surface area (Å²) < 4.78 is 0. The molecule has 1 unspecified atom stereocenters. The molecule has 0 saturated carbocycles. The van der Waals surface area contributed by atoms with Gasteiger partial charge in [-0.25, -0.2) is 9.59 Å². The fraction of sp³-hybridized carbons (Fsp3) is 0.733. The van der Waals surface area contributed by atoms with E-state index in [2.05, 4.69) is 6.58 Å². The number of hydrogen-bond donors (Lipinski definition) is 1. The Morgan fingerprint density at radius 3 is 2.60 bits per heavy atom. The minimum atomic E-state index is -1.03. The van der Waals surface area contributed by atoms with Crippen molar-refractivity contribution in [3.63, 3.8) is 0 Å². The number of nitrogens with zero attached hydrogens (tertiary/aromatic N) is 2. The Labute approximate surface area is 121 Å². The number of carboxylic acid groups (broad SMARTS) is 1. The van der Waals surface area contributed by atoms with Crippen LogP contribution in [0.2, 0.25) is 0 Å². The van der Waals surface area contributed by atoms with Crippen LogP contribution in [0, 0.1) is 0 Å². The minimum absolute atomic E-state index is 0.0224. The van der Waals surface area contributed by atoms with Crippen molar-refractivity contribution < 1.29 is 14.7 Å². The molecular weight excluding hydrogens is 256 g/mol. The molecule has 20 heavy (non-hydrogen) atoms. The minimum Gasteiger partial charge on any atom is -0.479 e. The summed E-state index contributed by atoms with van der Waals surface area (Å²) in [7, 11) is 0. The summed E-state index contributed by atoms with van der Waals surface area (Å²) in [6, 6.07) is -0.164. The molecule has 0 aromatic heterocycles. The molecule has 0 spiro atoms. The van der Waals surface area contributed by atoms with Gasteiger partial charge in [0.2, 0.25) is 0 Å². The topological polar surface area (TPSA) is 60.9 Å². The Bertz CT molecular complexity index is 381. The monoisotopic (exact) mass is 282 g/mol. The molecule has 5 heteroatoms. The van der Waals surface area contributed by atoms with E-state index in [4.69, 9.17) is 0 Å². The molecule has 0 aromatic carbocycles. The highest BCUT2D eigenvalue weighted by molar-refractivity contribution is 5.87. The maximum absolute atomic E-state index is 12.7. The molecule has 1 aliphatic heterocycles. The van der Waals surface area contributed by atoms with E-state index in [9.17, 15) is 14.7 Å². The van der Waals surface area contributed by atoms with Crippen LogP contribution in [-0.2, 0) is 4.79 Å². The number of likely N-dealkylation sites (tertiary alicyclic amines) is 1. The van der Waals surface area contributed by atoms with Gasteiger partial charge in [0, 0.05) is 19.1 Å². The van der Waals surface area contributed by atoms with Gasteiger partial charge in [0.25, 0.3) is 0 Å². The molecule has 1 heterocycles. The third kappa shape index (κ3) is 2.97. The smallest absolute Gasteiger partial charge is 0.329 e. The van der Waals surface area contributed by atoms with Crippen LogP contribution >= 0.6 is 0 Å². The summed E-state index contributed by atoms with van der Waals surface area (Å²) in [4.78, 5) is 27.7. The molecule has 0 aliphatic carbocycles.